The molecule has 0 amide bonds. The van der Waals surface area contributed by atoms with Crippen molar-refractivity contribution in [3.05, 3.63) is 0 Å². The first kappa shape index (κ1) is 10.4. The Morgan fingerprint density at radius 2 is 1.75 bits per heavy atom. The summed E-state index contributed by atoms with van der Waals surface area (Å²) in [7, 11) is 0. The summed E-state index contributed by atoms with van der Waals surface area (Å²) in [5.41, 5.74) is 0.508. The third kappa shape index (κ3) is 2.65. The van der Waals surface area contributed by atoms with E-state index in [4.69, 9.17) is 11.6 Å². The molecule has 1 aliphatic carbocycles. The minimum Gasteiger partial charge on any atom is -0.126 e. The Bertz CT molecular complexity index is 123. The van der Waals surface area contributed by atoms with Crippen molar-refractivity contribution in [1.29, 1.82) is 0 Å². The van der Waals surface area contributed by atoms with Crippen LogP contribution in [-0.4, -0.2) is 5.88 Å². The van der Waals surface area contributed by atoms with Crippen molar-refractivity contribution in [2.24, 2.45) is 11.3 Å². The molecule has 0 saturated heterocycles. The Hall–Kier alpha value is 0.290. The molecule has 0 aliphatic heterocycles. The zero-order valence-electron chi connectivity index (χ0n) is 8.41. The lowest BCUT2D eigenvalue weighted by Crippen LogP contribution is -2.27. The van der Waals surface area contributed by atoms with Crippen LogP contribution in [0, 0.1) is 11.3 Å². The summed E-state index contributed by atoms with van der Waals surface area (Å²) >= 11 is 6.08. The molecular formula is C11H21Cl. The largest absolute Gasteiger partial charge is 0.126 e. The Balaban J connectivity index is 2.48. The molecule has 0 unspecified atom stereocenters. The predicted octanol–water partition coefficient (Wildman–Crippen LogP) is 4.22. The molecule has 1 rings (SSSR count). The van der Waals surface area contributed by atoms with Gasteiger partial charge in [-0.15, -0.1) is 11.6 Å². The van der Waals surface area contributed by atoms with Crippen molar-refractivity contribution in [2.75, 3.05) is 5.88 Å². The van der Waals surface area contributed by atoms with Gasteiger partial charge in [-0.3, -0.25) is 0 Å². The second-order valence-corrected chi connectivity index (χ2v) is 5.06. The fourth-order valence-electron chi connectivity index (χ4n) is 2.56. The fraction of sp³-hybridized carbons (Fsp3) is 1.00. The van der Waals surface area contributed by atoms with Gasteiger partial charge in [0.25, 0.3) is 0 Å². The van der Waals surface area contributed by atoms with Gasteiger partial charge in [0, 0.05) is 5.88 Å². The van der Waals surface area contributed by atoms with Crippen molar-refractivity contribution in [1.82, 2.24) is 0 Å². The van der Waals surface area contributed by atoms with Crippen LogP contribution in [0.5, 0.6) is 0 Å². The molecular weight excluding hydrogens is 168 g/mol. The second kappa shape index (κ2) is 4.50. The van der Waals surface area contributed by atoms with E-state index in [0.29, 0.717) is 5.41 Å². The molecule has 0 N–H and O–H groups in total. The number of rotatable bonds is 3. The summed E-state index contributed by atoms with van der Waals surface area (Å²) in [4.78, 5) is 0. The maximum Gasteiger partial charge on any atom is 0.0280 e. The Kier molecular flexibility index (Phi) is 3.89. The third-order valence-electron chi connectivity index (χ3n) is 3.04. The van der Waals surface area contributed by atoms with Gasteiger partial charge in [0.2, 0.25) is 0 Å². The van der Waals surface area contributed by atoms with E-state index >= 15 is 0 Å². The van der Waals surface area contributed by atoms with Crippen LogP contribution in [0.15, 0.2) is 0 Å². The van der Waals surface area contributed by atoms with E-state index in [2.05, 4.69) is 13.8 Å². The van der Waals surface area contributed by atoms with Gasteiger partial charge < -0.3 is 0 Å². The maximum atomic E-state index is 6.08. The van der Waals surface area contributed by atoms with Crippen LogP contribution in [0.4, 0.5) is 0 Å². The lowest BCUT2D eigenvalue weighted by atomic mass is 9.71. The highest BCUT2D eigenvalue weighted by molar-refractivity contribution is 6.18. The molecule has 0 nitrogen and oxygen atoms in total. The fourth-order valence-corrected chi connectivity index (χ4v) is 2.94. The maximum absolute atomic E-state index is 6.08. The predicted molar refractivity (Wildman–Crippen MR) is 55.7 cm³/mol. The first-order valence-corrected chi connectivity index (χ1v) is 5.78. The normalized spacial score (nSPS) is 23.0. The quantitative estimate of drug-likeness (QED) is 0.582. The van der Waals surface area contributed by atoms with Crippen LogP contribution in [0.1, 0.15) is 52.4 Å². The molecule has 72 valence electrons. The number of alkyl halides is 1. The van der Waals surface area contributed by atoms with E-state index < -0.39 is 0 Å². The number of halogens is 1. The smallest absolute Gasteiger partial charge is 0.0280 e. The molecule has 12 heavy (non-hydrogen) atoms. The van der Waals surface area contributed by atoms with Gasteiger partial charge in [-0.05, 0) is 30.6 Å². The van der Waals surface area contributed by atoms with Crippen LogP contribution >= 0.6 is 11.6 Å². The van der Waals surface area contributed by atoms with E-state index in [9.17, 15) is 0 Å². The van der Waals surface area contributed by atoms with Crippen LogP contribution in [-0.2, 0) is 0 Å². The molecule has 1 aliphatic rings. The van der Waals surface area contributed by atoms with Crippen LogP contribution in [0.25, 0.3) is 0 Å². The van der Waals surface area contributed by atoms with Crippen LogP contribution in [0.3, 0.4) is 0 Å². The molecule has 0 aromatic carbocycles. The molecule has 1 heteroatoms. The van der Waals surface area contributed by atoms with Gasteiger partial charge in [0.15, 0.2) is 0 Å². The van der Waals surface area contributed by atoms with Gasteiger partial charge >= 0.3 is 0 Å². The zero-order valence-corrected chi connectivity index (χ0v) is 9.16. The first-order valence-electron chi connectivity index (χ1n) is 5.24. The first-order chi connectivity index (χ1) is 5.68. The average molecular weight is 189 g/mol. The number of hydrogen-bond acceptors (Lipinski definition) is 0. The van der Waals surface area contributed by atoms with Gasteiger partial charge in [-0.1, -0.05) is 33.1 Å². The van der Waals surface area contributed by atoms with Gasteiger partial charge in [0.1, 0.15) is 0 Å². The highest BCUT2D eigenvalue weighted by Crippen LogP contribution is 2.42. The molecule has 0 spiro atoms. The minimum absolute atomic E-state index is 0.508. The summed E-state index contributed by atoms with van der Waals surface area (Å²) in [6.45, 7) is 4.62. The van der Waals surface area contributed by atoms with Crippen molar-refractivity contribution < 1.29 is 0 Å². The standard InChI is InChI=1S/C11H21Cl/c1-10(2)8-11(9-12)6-4-3-5-7-11/h10H,3-9H2,1-2H3. The molecule has 0 heterocycles. The van der Waals surface area contributed by atoms with Crippen molar-refractivity contribution in [3.63, 3.8) is 0 Å². The van der Waals surface area contributed by atoms with Crippen molar-refractivity contribution in [3.8, 4) is 0 Å². The van der Waals surface area contributed by atoms with E-state index in [1.165, 1.54) is 38.5 Å². The molecule has 1 saturated carbocycles. The lowest BCUT2D eigenvalue weighted by molar-refractivity contribution is 0.179. The topological polar surface area (TPSA) is 0 Å². The highest BCUT2D eigenvalue weighted by Gasteiger charge is 2.31. The van der Waals surface area contributed by atoms with E-state index in [1.54, 1.807) is 0 Å². The van der Waals surface area contributed by atoms with E-state index in [-0.39, 0.29) is 0 Å². The summed E-state index contributed by atoms with van der Waals surface area (Å²) in [5.74, 6) is 1.69. The summed E-state index contributed by atoms with van der Waals surface area (Å²) in [6.07, 6.45) is 8.30. The van der Waals surface area contributed by atoms with E-state index in [1.807, 2.05) is 0 Å². The minimum atomic E-state index is 0.508. The summed E-state index contributed by atoms with van der Waals surface area (Å²) in [5, 5.41) is 0. The average Bonchev–Trinajstić information content (AvgIpc) is 2.05. The van der Waals surface area contributed by atoms with Crippen LogP contribution in [0.2, 0.25) is 0 Å². The van der Waals surface area contributed by atoms with Gasteiger partial charge in [0.05, 0.1) is 0 Å². The zero-order chi connectivity index (χ0) is 9.03. The summed E-state index contributed by atoms with van der Waals surface area (Å²) < 4.78 is 0. The molecule has 0 radical (unpaired) electrons. The molecule has 0 aromatic rings. The second-order valence-electron chi connectivity index (χ2n) is 4.79. The SMILES string of the molecule is CC(C)CC1(CCl)CCCCC1. The number of hydrogen-bond donors (Lipinski definition) is 0. The van der Waals surface area contributed by atoms with Crippen molar-refractivity contribution >= 4 is 11.6 Å². The monoisotopic (exact) mass is 188 g/mol. The summed E-state index contributed by atoms with van der Waals surface area (Å²) in [6, 6.07) is 0. The van der Waals surface area contributed by atoms with Crippen molar-refractivity contribution in [2.45, 2.75) is 52.4 Å². The highest BCUT2D eigenvalue weighted by atomic mass is 35.5. The molecule has 0 aromatic heterocycles. The third-order valence-corrected chi connectivity index (χ3v) is 3.61. The van der Waals surface area contributed by atoms with E-state index in [0.717, 1.165) is 11.8 Å². The van der Waals surface area contributed by atoms with Crippen LogP contribution < -0.4 is 0 Å². The van der Waals surface area contributed by atoms with Gasteiger partial charge in [-0.25, -0.2) is 0 Å². The van der Waals surface area contributed by atoms with Gasteiger partial charge in [-0.2, -0.15) is 0 Å². The Morgan fingerprint density at radius 1 is 1.17 bits per heavy atom. The molecule has 0 atom stereocenters. The lowest BCUT2D eigenvalue weighted by Gasteiger charge is -2.37. The Labute approximate surface area is 81.7 Å². The Morgan fingerprint density at radius 3 is 2.17 bits per heavy atom. The molecule has 1 fully saturated rings. The molecule has 0 bridgehead atoms.